The number of nitrogens with one attached hydrogen (secondary N) is 7. The maximum atomic E-state index is 12.5. The van der Waals surface area contributed by atoms with Gasteiger partial charge in [-0.2, -0.15) is 17.6 Å². The van der Waals surface area contributed by atoms with E-state index in [9.17, 15) is 33.6 Å². The third kappa shape index (κ3) is 13.1. The average molecular weight is 700 g/mol. The molecule has 0 spiro atoms. The van der Waals surface area contributed by atoms with Crippen molar-refractivity contribution in [2.75, 3.05) is 43.0 Å². The van der Waals surface area contributed by atoms with Gasteiger partial charge in [-0.1, -0.05) is 0 Å². The molecule has 2 aromatic heterocycles. The van der Waals surface area contributed by atoms with E-state index in [4.69, 9.17) is 10.8 Å². The number of thiol groups is 1. The van der Waals surface area contributed by atoms with Crippen LogP contribution in [0, 0.1) is 0 Å². The molecule has 2 heterocycles. The molecule has 3 rings (SSSR count). The summed E-state index contributed by atoms with van der Waals surface area (Å²) in [5, 5.41) is 24.4. The minimum atomic E-state index is -1.23. The molecule has 0 aliphatic heterocycles. The predicted molar refractivity (Wildman–Crippen MR) is 179 cm³/mol. The Hall–Kier alpha value is -5.79. The number of rotatable bonds is 19. The van der Waals surface area contributed by atoms with Gasteiger partial charge in [-0.3, -0.25) is 38.5 Å². The summed E-state index contributed by atoms with van der Waals surface area (Å²) in [4.78, 5) is 98.9. The van der Waals surface area contributed by atoms with Crippen molar-refractivity contribution < 1.29 is 33.9 Å². The maximum absolute atomic E-state index is 12.5. The summed E-state index contributed by atoms with van der Waals surface area (Å²) >= 11 is 3.96. The van der Waals surface area contributed by atoms with Crippen molar-refractivity contribution in [3.8, 4) is 0 Å². The molecule has 0 saturated carbocycles. The van der Waals surface area contributed by atoms with Gasteiger partial charge < -0.3 is 42.7 Å². The highest BCUT2D eigenvalue weighted by Gasteiger charge is 2.22. The lowest BCUT2D eigenvalue weighted by Gasteiger charge is -2.18. The first kappa shape index (κ1) is 37.7. The molecule has 1 aromatic carbocycles. The van der Waals surface area contributed by atoms with Gasteiger partial charge in [0.25, 0.3) is 11.5 Å². The summed E-state index contributed by atoms with van der Waals surface area (Å²) in [6.07, 6.45) is 1.10. The van der Waals surface area contributed by atoms with Gasteiger partial charge in [-0.05, 0) is 37.1 Å². The number of hydrogen-bond acceptors (Lipinski definition) is 13. The van der Waals surface area contributed by atoms with Crippen LogP contribution in [0.3, 0.4) is 0 Å². The zero-order valence-electron chi connectivity index (χ0n) is 26.2. The van der Waals surface area contributed by atoms with Crippen LogP contribution in [0.5, 0.6) is 0 Å². The standard InChI is InChI=1S/C29H37N11O8S/c30-29-39-25-24(28(48)40-29)37-18(13-35-25)12-33-17-5-3-16(4-6-17)26(46)32-9-1-2-20(41)34-15-22(43)38-19(7-8-23(44)45)27(47)36-14-21(42)31-10-11-49/h3-6,13,19,33,49H,1-2,7-12,14-15H2,(H,31,42)(H,32,46)(H,34,41)(H,36,47)(H,38,43)(H,44,45)(H3,30,35,39,40,48). The summed E-state index contributed by atoms with van der Waals surface area (Å²) in [6.45, 7) is -0.117. The zero-order valence-corrected chi connectivity index (χ0v) is 27.1. The van der Waals surface area contributed by atoms with Crippen LogP contribution in [0.15, 0.2) is 35.3 Å². The van der Waals surface area contributed by atoms with Crippen molar-refractivity contribution in [1.82, 2.24) is 46.5 Å². The Labute approximate surface area is 284 Å². The molecule has 0 fully saturated rings. The Morgan fingerprint density at radius 2 is 1.63 bits per heavy atom. The number of nitrogen functional groups attached to an aromatic ring is 1. The van der Waals surface area contributed by atoms with Crippen molar-refractivity contribution in [2.45, 2.75) is 38.3 Å². The Kier molecular flexibility index (Phi) is 14.7. The van der Waals surface area contributed by atoms with Gasteiger partial charge in [0.15, 0.2) is 11.2 Å². The number of nitrogens with two attached hydrogens (primary N) is 1. The minimum absolute atomic E-state index is 0.00623. The molecule has 10 N–H and O–H groups in total. The number of hydrogen-bond donors (Lipinski definition) is 10. The first-order chi connectivity index (χ1) is 23.4. The SMILES string of the molecule is Nc1nc2ncc(CNc3ccc(C(=O)NCCCC(=O)NCC(=O)NC(CCC(=O)O)C(=O)NCC(=O)NCCS)cc3)nc2c(=O)[nH]1. The van der Waals surface area contributed by atoms with Crippen molar-refractivity contribution in [3.63, 3.8) is 0 Å². The predicted octanol–water partition coefficient (Wildman–Crippen LogP) is -1.95. The molecular formula is C29H37N11O8S. The highest BCUT2D eigenvalue weighted by molar-refractivity contribution is 7.80. The van der Waals surface area contributed by atoms with Crippen molar-refractivity contribution >= 4 is 70.9 Å². The van der Waals surface area contributed by atoms with Gasteiger partial charge >= 0.3 is 5.97 Å². The second-order valence-electron chi connectivity index (χ2n) is 10.4. The molecule has 19 nitrogen and oxygen atoms in total. The van der Waals surface area contributed by atoms with E-state index in [0.717, 1.165) is 0 Å². The lowest BCUT2D eigenvalue weighted by atomic mass is 10.1. The second-order valence-corrected chi connectivity index (χ2v) is 10.8. The van der Waals surface area contributed by atoms with Crippen LogP contribution < -0.4 is 43.2 Å². The average Bonchev–Trinajstić information content (AvgIpc) is 3.08. The largest absolute Gasteiger partial charge is 0.481 e. The monoisotopic (exact) mass is 699 g/mol. The molecule has 3 aromatic rings. The fraction of sp³-hybridized carbons (Fsp3) is 0.379. The molecular weight excluding hydrogens is 662 g/mol. The number of H-pyrrole nitrogens is 1. The molecule has 5 amide bonds. The first-order valence-corrected chi connectivity index (χ1v) is 15.6. The van der Waals surface area contributed by atoms with E-state index in [1.807, 2.05) is 0 Å². The van der Waals surface area contributed by atoms with Crippen LogP contribution in [0.2, 0.25) is 0 Å². The molecule has 0 saturated heterocycles. The molecule has 1 atom stereocenters. The van der Waals surface area contributed by atoms with Gasteiger partial charge in [0, 0.05) is 42.9 Å². The van der Waals surface area contributed by atoms with Crippen LogP contribution in [-0.2, 0) is 30.5 Å². The van der Waals surface area contributed by atoms with E-state index < -0.39 is 54.2 Å². The number of carbonyl (C=O) groups is 6. The molecule has 0 aliphatic carbocycles. The van der Waals surface area contributed by atoms with Gasteiger partial charge in [-0.25, -0.2) is 9.97 Å². The number of benzene rings is 1. The van der Waals surface area contributed by atoms with Crippen molar-refractivity contribution in [3.05, 3.63) is 52.1 Å². The molecule has 0 radical (unpaired) electrons. The Balaban J connectivity index is 1.35. The van der Waals surface area contributed by atoms with Gasteiger partial charge in [0.2, 0.25) is 29.6 Å². The first-order valence-electron chi connectivity index (χ1n) is 15.0. The Morgan fingerprint density at radius 3 is 2.35 bits per heavy atom. The number of carboxylic acids is 1. The van der Waals surface area contributed by atoms with Crippen molar-refractivity contribution in [2.24, 2.45) is 0 Å². The van der Waals surface area contributed by atoms with Crippen LogP contribution >= 0.6 is 12.6 Å². The third-order valence-corrected chi connectivity index (χ3v) is 6.80. The van der Waals surface area contributed by atoms with Crippen LogP contribution in [-0.4, -0.2) is 98.5 Å². The lowest BCUT2D eigenvalue weighted by molar-refractivity contribution is -0.138. The Morgan fingerprint density at radius 1 is 0.898 bits per heavy atom. The number of anilines is 2. The quantitative estimate of drug-likeness (QED) is 0.0481. The number of fused-ring (bicyclic) bond motifs is 1. The molecule has 20 heteroatoms. The summed E-state index contributed by atoms with van der Waals surface area (Å²) < 4.78 is 0. The van der Waals surface area contributed by atoms with E-state index in [0.29, 0.717) is 29.2 Å². The van der Waals surface area contributed by atoms with E-state index in [-0.39, 0.29) is 61.9 Å². The molecule has 262 valence electrons. The summed E-state index contributed by atoms with van der Waals surface area (Å²) in [5.41, 5.74) is 6.77. The number of aromatic amines is 1. The highest BCUT2D eigenvalue weighted by Crippen LogP contribution is 2.12. The fourth-order valence-electron chi connectivity index (χ4n) is 4.14. The van der Waals surface area contributed by atoms with Crippen LogP contribution in [0.25, 0.3) is 11.2 Å². The van der Waals surface area contributed by atoms with Crippen molar-refractivity contribution in [1.29, 1.82) is 0 Å². The van der Waals surface area contributed by atoms with Gasteiger partial charge in [0.05, 0.1) is 31.5 Å². The van der Waals surface area contributed by atoms with Gasteiger partial charge in [0.1, 0.15) is 6.04 Å². The third-order valence-electron chi connectivity index (χ3n) is 6.57. The summed E-state index contributed by atoms with van der Waals surface area (Å²) in [7, 11) is 0. The number of carbonyl (C=O) groups excluding carboxylic acids is 5. The zero-order chi connectivity index (χ0) is 35.8. The fourth-order valence-corrected chi connectivity index (χ4v) is 4.25. The Bertz CT molecular complexity index is 1720. The lowest BCUT2D eigenvalue weighted by Crippen LogP contribution is -2.51. The number of nitrogens with zero attached hydrogens (tertiary/aromatic N) is 3. The van der Waals surface area contributed by atoms with E-state index in [1.54, 1.807) is 24.3 Å². The number of amides is 5. The molecule has 0 bridgehead atoms. The van der Waals surface area contributed by atoms with E-state index >= 15 is 0 Å². The van der Waals surface area contributed by atoms with E-state index in [2.05, 4.69) is 64.5 Å². The molecule has 1 unspecified atom stereocenters. The topological polar surface area (TPSA) is 292 Å². The van der Waals surface area contributed by atoms with Gasteiger partial charge in [-0.15, -0.1) is 0 Å². The molecule has 49 heavy (non-hydrogen) atoms. The van der Waals surface area contributed by atoms with E-state index in [1.165, 1.54) is 6.20 Å². The number of aromatic nitrogens is 4. The highest BCUT2D eigenvalue weighted by atomic mass is 32.1. The number of carboxylic acid groups (broad SMARTS) is 1. The molecule has 0 aliphatic rings. The maximum Gasteiger partial charge on any atom is 0.303 e. The summed E-state index contributed by atoms with van der Waals surface area (Å²) in [5.74, 6) is -3.62. The normalized spacial score (nSPS) is 11.2. The minimum Gasteiger partial charge on any atom is -0.481 e. The van der Waals surface area contributed by atoms with Crippen LogP contribution in [0.1, 0.15) is 41.7 Å². The van der Waals surface area contributed by atoms with Crippen LogP contribution in [0.4, 0.5) is 11.6 Å². The second kappa shape index (κ2) is 19.1. The summed E-state index contributed by atoms with van der Waals surface area (Å²) in [6, 6.07) is 5.36. The smallest absolute Gasteiger partial charge is 0.303 e. The number of aliphatic carboxylic acids is 1.